The molecule has 1 aliphatic heterocycles. The van der Waals surface area contributed by atoms with Crippen LogP contribution in [-0.4, -0.2) is 47.4 Å². The predicted octanol–water partition coefficient (Wildman–Crippen LogP) is 5.31. The molecule has 0 N–H and O–H groups in total. The van der Waals surface area contributed by atoms with Crippen molar-refractivity contribution in [1.82, 2.24) is 9.80 Å². The van der Waals surface area contributed by atoms with Crippen LogP contribution in [0.15, 0.2) is 53.9 Å². The number of aryl methyl sites for hydroxylation is 2. The Balaban J connectivity index is 1.35. The van der Waals surface area contributed by atoms with E-state index in [1.165, 1.54) is 28.6 Å². The maximum Gasteiger partial charge on any atom is 0.254 e. The molecule has 2 aliphatic rings. The van der Waals surface area contributed by atoms with E-state index in [2.05, 4.69) is 17.5 Å². The molecule has 7 heteroatoms. The summed E-state index contributed by atoms with van der Waals surface area (Å²) in [6.45, 7) is 4.99. The molecule has 1 atom stereocenters. The average molecular weight is 493 g/mol. The quantitative estimate of drug-likeness (QED) is 0.449. The van der Waals surface area contributed by atoms with E-state index in [0.29, 0.717) is 13.2 Å². The fourth-order valence-electron chi connectivity index (χ4n) is 4.78. The summed E-state index contributed by atoms with van der Waals surface area (Å²) in [6, 6.07) is 13.6. The molecule has 5 nitrogen and oxygen atoms in total. The molecule has 5 rings (SSSR count). The summed E-state index contributed by atoms with van der Waals surface area (Å²) in [5.74, 6) is -0.0433. The number of carbonyl (C=O) groups is 2. The molecule has 1 aromatic heterocycles. The summed E-state index contributed by atoms with van der Waals surface area (Å²) in [4.78, 5) is 31.5. The van der Waals surface area contributed by atoms with E-state index in [0.717, 1.165) is 36.1 Å². The van der Waals surface area contributed by atoms with Crippen LogP contribution in [0.5, 0.6) is 5.75 Å². The van der Waals surface area contributed by atoms with Crippen LogP contribution in [-0.2, 0) is 11.2 Å². The summed E-state index contributed by atoms with van der Waals surface area (Å²) < 4.78 is 20.0. The fourth-order valence-corrected chi connectivity index (χ4v) is 5.71. The number of ether oxygens (including phenoxy) is 1. The highest BCUT2D eigenvalue weighted by Crippen LogP contribution is 2.35. The Bertz CT molecular complexity index is 1250. The number of benzene rings is 2. The van der Waals surface area contributed by atoms with Crippen LogP contribution >= 0.6 is 11.3 Å². The first-order chi connectivity index (χ1) is 16.9. The Morgan fingerprint density at radius 1 is 1.14 bits per heavy atom. The zero-order valence-corrected chi connectivity index (χ0v) is 20.8. The largest absolute Gasteiger partial charge is 0.491 e. The van der Waals surface area contributed by atoms with Crippen molar-refractivity contribution in [3.05, 3.63) is 86.9 Å². The molecule has 0 radical (unpaired) electrons. The zero-order chi connectivity index (χ0) is 24.5. The lowest BCUT2D eigenvalue weighted by Gasteiger charge is -2.37. The lowest BCUT2D eigenvalue weighted by molar-refractivity contribution is -0.135. The number of thiophene rings is 1. The molecule has 1 fully saturated rings. The molecular weight excluding hydrogens is 463 g/mol. The lowest BCUT2D eigenvalue weighted by atomic mass is 10.00. The van der Waals surface area contributed by atoms with Gasteiger partial charge in [-0.25, -0.2) is 4.39 Å². The van der Waals surface area contributed by atoms with Crippen LogP contribution < -0.4 is 4.74 Å². The standard InChI is InChI=1S/C28H29FN2O3S/c1-18-6-9-25(19(2)14-18)34-17-24-23-11-13-35-26(23)10-12-30(24)27(32)16-31(22-7-8-22)28(33)20-4-3-5-21(29)15-20/h3-6,9,11,13-15,22,24H,7-8,10,12,16-17H2,1-2H3/t24-/m0/s1. The SMILES string of the molecule is Cc1ccc(OC[C@H]2c3ccsc3CCN2C(=O)CN(C(=O)c2cccc(F)c2)C2CC2)c(C)c1. The van der Waals surface area contributed by atoms with Crippen molar-refractivity contribution < 1.29 is 18.7 Å². The average Bonchev–Trinajstić information content (AvgIpc) is 3.57. The number of fused-ring (bicyclic) bond motifs is 1. The van der Waals surface area contributed by atoms with Gasteiger partial charge in [0.25, 0.3) is 5.91 Å². The third-order valence-electron chi connectivity index (χ3n) is 6.77. The lowest BCUT2D eigenvalue weighted by Crippen LogP contribution is -2.48. The first kappa shape index (κ1) is 23.5. The number of nitrogens with zero attached hydrogens (tertiary/aromatic N) is 2. The van der Waals surface area contributed by atoms with Crippen molar-refractivity contribution in [2.24, 2.45) is 0 Å². The van der Waals surface area contributed by atoms with Gasteiger partial charge in [-0.05, 0) is 79.9 Å². The van der Waals surface area contributed by atoms with Crippen LogP contribution in [0.4, 0.5) is 4.39 Å². The van der Waals surface area contributed by atoms with E-state index in [1.54, 1.807) is 22.3 Å². The third-order valence-corrected chi connectivity index (χ3v) is 7.76. The Hall–Kier alpha value is -3.19. The van der Waals surface area contributed by atoms with Crippen molar-refractivity contribution in [3.8, 4) is 5.75 Å². The number of hydrogen-bond acceptors (Lipinski definition) is 4. The van der Waals surface area contributed by atoms with Gasteiger partial charge in [-0.3, -0.25) is 9.59 Å². The monoisotopic (exact) mass is 492 g/mol. The Morgan fingerprint density at radius 2 is 1.97 bits per heavy atom. The molecule has 1 saturated carbocycles. The second-order valence-corrected chi connectivity index (χ2v) is 10.4. The van der Waals surface area contributed by atoms with Crippen LogP contribution in [0.25, 0.3) is 0 Å². The third kappa shape index (κ3) is 5.10. The van der Waals surface area contributed by atoms with Gasteiger partial charge in [0.05, 0.1) is 6.04 Å². The van der Waals surface area contributed by atoms with E-state index in [1.807, 2.05) is 30.9 Å². The number of amides is 2. The molecule has 2 heterocycles. The van der Waals surface area contributed by atoms with Gasteiger partial charge in [0.1, 0.15) is 24.7 Å². The molecular formula is C28H29FN2O3S. The molecule has 35 heavy (non-hydrogen) atoms. The molecule has 0 bridgehead atoms. The van der Waals surface area contributed by atoms with Gasteiger partial charge in [0, 0.05) is 23.0 Å². The van der Waals surface area contributed by atoms with Gasteiger partial charge >= 0.3 is 0 Å². The number of carbonyl (C=O) groups excluding carboxylic acids is 2. The maximum absolute atomic E-state index is 13.7. The van der Waals surface area contributed by atoms with Crippen molar-refractivity contribution in [3.63, 3.8) is 0 Å². The Kier molecular flexibility index (Phi) is 6.60. The Morgan fingerprint density at radius 3 is 2.71 bits per heavy atom. The second kappa shape index (κ2) is 9.82. The molecule has 2 amide bonds. The summed E-state index contributed by atoms with van der Waals surface area (Å²) in [7, 11) is 0. The van der Waals surface area contributed by atoms with E-state index in [9.17, 15) is 14.0 Å². The van der Waals surface area contributed by atoms with E-state index < -0.39 is 5.82 Å². The summed E-state index contributed by atoms with van der Waals surface area (Å²) >= 11 is 1.71. The van der Waals surface area contributed by atoms with Crippen molar-refractivity contribution in [2.75, 3.05) is 19.7 Å². The van der Waals surface area contributed by atoms with Crippen molar-refractivity contribution >= 4 is 23.2 Å². The molecule has 0 saturated heterocycles. The van der Waals surface area contributed by atoms with Gasteiger partial charge in [-0.1, -0.05) is 23.8 Å². The topological polar surface area (TPSA) is 49.9 Å². The van der Waals surface area contributed by atoms with Gasteiger partial charge in [-0.15, -0.1) is 11.3 Å². The minimum absolute atomic E-state index is 0.0143. The molecule has 1 aliphatic carbocycles. The van der Waals surface area contributed by atoms with E-state index in [-0.39, 0.29) is 36.0 Å². The number of halogens is 1. The first-order valence-corrected chi connectivity index (χ1v) is 12.9. The van der Waals surface area contributed by atoms with Crippen molar-refractivity contribution in [1.29, 1.82) is 0 Å². The van der Waals surface area contributed by atoms with Gasteiger partial charge < -0.3 is 14.5 Å². The highest BCUT2D eigenvalue weighted by Gasteiger charge is 2.38. The van der Waals surface area contributed by atoms with Gasteiger partial charge in [-0.2, -0.15) is 0 Å². The van der Waals surface area contributed by atoms with E-state index >= 15 is 0 Å². The van der Waals surface area contributed by atoms with E-state index in [4.69, 9.17) is 4.74 Å². The summed E-state index contributed by atoms with van der Waals surface area (Å²) in [5.41, 5.74) is 3.63. The highest BCUT2D eigenvalue weighted by atomic mass is 32.1. The van der Waals surface area contributed by atoms with Crippen LogP contribution in [0, 0.1) is 19.7 Å². The number of rotatable bonds is 7. The molecule has 0 unspecified atom stereocenters. The first-order valence-electron chi connectivity index (χ1n) is 12.0. The predicted molar refractivity (Wildman–Crippen MR) is 134 cm³/mol. The minimum atomic E-state index is -0.456. The molecule has 182 valence electrons. The Labute approximate surface area is 209 Å². The molecule has 2 aromatic carbocycles. The maximum atomic E-state index is 13.7. The second-order valence-electron chi connectivity index (χ2n) is 9.41. The zero-order valence-electron chi connectivity index (χ0n) is 20.0. The van der Waals surface area contributed by atoms with Gasteiger partial charge in [0.2, 0.25) is 5.91 Å². The smallest absolute Gasteiger partial charge is 0.254 e. The normalized spacial score (nSPS) is 17.1. The van der Waals surface area contributed by atoms with Crippen LogP contribution in [0.3, 0.4) is 0 Å². The summed E-state index contributed by atoms with van der Waals surface area (Å²) in [5, 5.41) is 2.06. The van der Waals surface area contributed by atoms with Crippen molar-refractivity contribution in [2.45, 2.75) is 45.2 Å². The van der Waals surface area contributed by atoms with Gasteiger partial charge in [0.15, 0.2) is 0 Å². The molecule has 3 aromatic rings. The minimum Gasteiger partial charge on any atom is -0.491 e. The highest BCUT2D eigenvalue weighted by molar-refractivity contribution is 7.10. The summed E-state index contributed by atoms with van der Waals surface area (Å²) in [6.07, 6.45) is 2.52. The molecule has 0 spiro atoms. The van der Waals surface area contributed by atoms with Crippen LogP contribution in [0.1, 0.15) is 50.8 Å². The fraction of sp³-hybridized carbons (Fsp3) is 0.357. The van der Waals surface area contributed by atoms with Crippen LogP contribution in [0.2, 0.25) is 0 Å². The number of hydrogen-bond donors (Lipinski definition) is 0.